The molecule has 6 heteroatoms. The van der Waals surface area contributed by atoms with Crippen molar-refractivity contribution in [2.75, 3.05) is 5.32 Å². The van der Waals surface area contributed by atoms with Gasteiger partial charge in [-0.1, -0.05) is 12.1 Å². The van der Waals surface area contributed by atoms with Crippen LogP contribution in [0, 0.1) is 11.6 Å². The molecule has 0 amide bonds. The van der Waals surface area contributed by atoms with Crippen molar-refractivity contribution in [1.29, 1.82) is 0 Å². The first kappa shape index (κ1) is 14.2. The van der Waals surface area contributed by atoms with Gasteiger partial charge in [0.15, 0.2) is 11.6 Å². The van der Waals surface area contributed by atoms with E-state index in [4.69, 9.17) is 0 Å². The van der Waals surface area contributed by atoms with Gasteiger partial charge in [-0.05, 0) is 29.8 Å². The van der Waals surface area contributed by atoms with Crippen LogP contribution in [0.5, 0.6) is 5.75 Å². The lowest BCUT2D eigenvalue weighted by Crippen LogP contribution is -2.03. The molecule has 0 radical (unpaired) electrons. The van der Waals surface area contributed by atoms with Crippen molar-refractivity contribution in [3.05, 3.63) is 59.7 Å². The fraction of sp³-hybridized carbons (Fsp3) is 0.143. The number of benzene rings is 2. The summed E-state index contributed by atoms with van der Waals surface area (Å²) in [4.78, 5) is 0. The first-order valence-electron chi connectivity index (χ1n) is 5.77. The topological polar surface area (TPSA) is 21.3 Å². The summed E-state index contributed by atoms with van der Waals surface area (Å²) >= 11 is 0. The van der Waals surface area contributed by atoms with E-state index < -0.39 is 18.2 Å². The van der Waals surface area contributed by atoms with E-state index in [0.717, 1.165) is 12.1 Å². The van der Waals surface area contributed by atoms with Gasteiger partial charge >= 0.3 is 6.61 Å². The molecule has 0 heterocycles. The van der Waals surface area contributed by atoms with Crippen molar-refractivity contribution < 1.29 is 22.3 Å². The quantitative estimate of drug-likeness (QED) is 0.832. The summed E-state index contributed by atoms with van der Waals surface area (Å²) in [6.45, 7) is -2.66. The lowest BCUT2D eigenvalue weighted by molar-refractivity contribution is -0.0498. The van der Waals surface area contributed by atoms with Gasteiger partial charge in [-0.15, -0.1) is 0 Å². The van der Waals surface area contributed by atoms with Crippen molar-refractivity contribution in [3.63, 3.8) is 0 Å². The standard InChI is InChI=1S/C14H11F4NO/c15-12-5-4-9(6-13(12)16)8-19-10-2-1-3-11(7-10)20-14(17)18/h1-7,14,19H,8H2. The predicted molar refractivity (Wildman–Crippen MR) is 66.8 cm³/mol. The highest BCUT2D eigenvalue weighted by Gasteiger charge is 2.05. The normalized spacial score (nSPS) is 10.7. The fourth-order valence-electron chi connectivity index (χ4n) is 1.64. The Hall–Kier alpha value is -2.24. The molecular weight excluding hydrogens is 274 g/mol. The minimum absolute atomic E-state index is 0.0234. The lowest BCUT2D eigenvalue weighted by Gasteiger charge is -2.09. The van der Waals surface area contributed by atoms with Crippen LogP contribution in [0.2, 0.25) is 0 Å². The summed E-state index contributed by atoms with van der Waals surface area (Å²) in [7, 11) is 0. The van der Waals surface area contributed by atoms with Crippen LogP contribution < -0.4 is 10.1 Å². The predicted octanol–water partition coefficient (Wildman–Crippen LogP) is 4.18. The molecule has 2 rings (SSSR count). The van der Waals surface area contributed by atoms with E-state index in [9.17, 15) is 17.6 Å². The number of halogens is 4. The summed E-state index contributed by atoms with van der Waals surface area (Å²) in [6.07, 6.45) is 0. The van der Waals surface area contributed by atoms with E-state index in [1.807, 2.05) is 0 Å². The SMILES string of the molecule is Fc1ccc(CNc2cccc(OC(F)F)c2)cc1F. The number of alkyl halides is 2. The van der Waals surface area contributed by atoms with Crippen LogP contribution in [0.4, 0.5) is 23.2 Å². The highest BCUT2D eigenvalue weighted by atomic mass is 19.3. The molecule has 0 aromatic heterocycles. The largest absolute Gasteiger partial charge is 0.435 e. The molecule has 0 aliphatic carbocycles. The summed E-state index contributed by atoms with van der Waals surface area (Å²) in [5.41, 5.74) is 1.07. The molecule has 0 bridgehead atoms. The molecule has 20 heavy (non-hydrogen) atoms. The van der Waals surface area contributed by atoms with E-state index in [0.29, 0.717) is 11.3 Å². The Morgan fingerprint density at radius 3 is 2.50 bits per heavy atom. The van der Waals surface area contributed by atoms with Crippen LogP contribution in [0.25, 0.3) is 0 Å². The number of hydrogen-bond donors (Lipinski definition) is 1. The molecule has 2 aromatic rings. The van der Waals surface area contributed by atoms with Crippen molar-refractivity contribution in [2.45, 2.75) is 13.2 Å². The van der Waals surface area contributed by atoms with E-state index in [2.05, 4.69) is 10.1 Å². The fourth-order valence-corrected chi connectivity index (χ4v) is 1.64. The van der Waals surface area contributed by atoms with Gasteiger partial charge in [0.1, 0.15) is 5.75 Å². The van der Waals surface area contributed by atoms with Gasteiger partial charge in [-0.3, -0.25) is 0 Å². The van der Waals surface area contributed by atoms with Gasteiger partial charge in [0.2, 0.25) is 0 Å². The third-order valence-electron chi connectivity index (χ3n) is 2.54. The molecule has 0 aliphatic rings. The smallest absolute Gasteiger partial charge is 0.387 e. The van der Waals surface area contributed by atoms with Crippen LogP contribution in [0.15, 0.2) is 42.5 Å². The zero-order valence-electron chi connectivity index (χ0n) is 10.2. The number of hydrogen-bond acceptors (Lipinski definition) is 2. The van der Waals surface area contributed by atoms with Gasteiger partial charge in [0.05, 0.1) is 0 Å². The number of anilines is 1. The average molecular weight is 285 g/mol. The van der Waals surface area contributed by atoms with Crippen LogP contribution >= 0.6 is 0 Å². The number of nitrogens with one attached hydrogen (secondary N) is 1. The van der Waals surface area contributed by atoms with Crippen LogP contribution in [-0.2, 0) is 6.54 Å². The maximum Gasteiger partial charge on any atom is 0.387 e. The highest BCUT2D eigenvalue weighted by molar-refractivity contribution is 5.48. The van der Waals surface area contributed by atoms with Gasteiger partial charge in [-0.2, -0.15) is 8.78 Å². The van der Waals surface area contributed by atoms with Crippen LogP contribution in [0.1, 0.15) is 5.56 Å². The second kappa shape index (κ2) is 6.27. The molecule has 1 N–H and O–H groups in total. The van der Waals surface area contributed by atoms with E-state index in [-0.39, 0.29) is 12.3 Å². The molecule has 0 atom stereocenters. The van der Waals surface area contributed by atoms with Gasteiger partial charge < -0.3 is 10.1 Å². The molecule has 2 nitrogen and oxygen atoms in total. The van der Waals surface area contributed by atoms with Crippen molar-refractivity contribution >= 4 is 5.69 Å². The molecular formula is C14H11F4NO. The second-order valence-corrected chi connectivity index (χ2v) is 4.01. The molecule has 106 valence electrons. The average Bonchev–Trinajstić information content (AvgIpc) is 2.40. The minimum Gasteiger partial charge on any atom is -0.435 e. The first-order chi connectivity index (χ1) is 9.54. The highest BCUT2D eigenvalue weighted by Crippen LogP contribution is 2.20. The monoisotopic (exact) mass is 285 g/mol. The zero-order valence-corrected chi connectivity index (χ0v) is 10.2. The van der Waals surface area contributed by atoms with Gasteiger partial charge in [-0.25, -0.2) is 8.78 Å². The van der Waals surface area contributed by atoms with Gasteiger partial charge in [0, 0.05) is 18.3 Å². The molecule has 0 unspecified atom stereocenters. The molecule has 2 aromatic carbocycles. The Morgan fingerprint density at radius 1 is 1.00 bits per heavy atom. The Morgan fingerprint density at radius 2 is 1.80 bits per heavy atom. The molecule has 0 saturated heterocycles. The van der Waals surface area contributed by atoms with Crippen LogP contribution in [-0.4, -0.2) is 6.61 Å². The van der Waals surface area contributed by atoms with E-state index >= 15 is 0 Å². The Labute approximate surface area is 113 Å². The van der Waals surface area contributed by atoms with Crippen molar-refractivity contribution in [1.82, 2.24) is 0 Å². The Balaban J connectivity index is 2.01. The third-order valence-corrected chi connectivity index (χ3v) is 2.54. The van der Waals surface area contributed by atoms with Crippen molar-refractivity contribution in [2.24, 2.45) is 0 Å². The number of ether oxygens (including phenoxy) is 1. The maximum absolute atomic E-state index is 13.0. The zero-order chi connectivity index (χ0) is 14.5. The van der Waals surface area contributed by atoms with E-state index in [1.165, 1.54) is 18.2 Å². The lowest BCUT2D eigenvalue weighted by atomic mass is 10.2. The molecule has 0 fully saturated rings. The maximum atomic E-state index is 13.0. The summed E-state index contributed by atoms with van der Waals surface area (Å²) in [5, 5.41) is 2.91. The summed E-state index contributed by atoms with van der Waals surface area (Å²) in [5.74, 6) is -1.82. The summed E-state index contributed by atoms with van der Waals surface area (Å²) < 4.78 is 54.1. The summed E-state index contributed by atoms with van der Waals surface area (Å²) in [6, 6.07) is 9.53. The molecule has 0 aliphatic heterocycles. The second-order valence-electron chi connectivity index (χ2n) is 4.01. The van der Waals surface area contributed by atoms with Crippen LogP contribution in [0.3, 0.4) is 0 Å². The molecule has 0 spiro atoms. The third kappa shape index (κ3) is 3.88. The minimum atomic E-state index is -2.89. The van der Waals surface area contributed by atoms with E-state index in [1.54, 1.807) is 12.1 Å². The number of rotatable bonds is 5. The van der Waals surface area contributed by atoms with Crippen molar-refractivity contribution in [3.8, 4) is 5.75 Å². The Bertz CT molecular complexity index is 589. The van der Waals surface area contributed by atoms with Gasteiger partial charge in [0.25, 0.3) is 0 Å². The first-order valence-corrected chi connectivity index (χ1v) is 5.77. The molecule has 0 saturated carbocycles. The Kier molecular flexibility index (Phi) is 4.45.